The lowest BCUT2D eigenvalue weighted by atomic mass is 9.80. The standard InChI is InChI=1S/C14H27N3O2/c1-13(2)6-5-7-14(3,4)17(13)12(18)15-16-8-10-19-11-9-16/h5-11H2,1-4H3,(H,15,18). The van der Waals surface area contributed by atoms with Crippen LogP contribution in [0.1, 0.15) is 47.0 Å². The highest BCUT2D eigenvalue weighted by Crippen LogP contribution is 2.38. The highest BCUT2D eigenvalue weighted by molar-refractivity contribution is 5.75. The highest BCUT2D eigenvalue weighted by atomic mass is 16.5. The van der Waals surface area contributed by atoms with Crippen LogP contribution >= 0.6 is 0 Å². The minimum atomic E-state index is -0.0852. The lowest BCUT2D eigenvalue weighted by Crippen LogP contribution is -2.65. The predicted molar refractivity (Wildman–Crippen MR) is 74.8 cm³/mol. The third-order valence-corrected chi connectivity index (χ3v) is 4.26. The predicted octanol–water partition coefficient (Wildman–Crippen LogP) is 1.99. The van der Waals surface area contributed by atoms with Crippen LogP contribution in [-0.2, 0) is 4.74 Å². The summed E-state index contributed by atoms with van der Waals surface area (Å²) in [5, 5.41) is 1.96. The number of urea groups is 1. The van der Waals surface area contributed by atoms with Crippen molar-refractivity contribution in [3.8, 4) is 0 Å². The van der Waals surface area contributed by atoms with Crippen LogP contribution < -0.4 is 5.43 Å². The number of ether oxygens (including phenoxy) is 1. The number of hydrogen-bond acceptors (Lipinski definition) is 3. The molecule has 2 fully saturated rings. The molecule has 2 amide bonds. The van der Waals surface area contributed by atoms with E-state index in [1.807, 2.05) is 9.91 Å². The number of hydrogen-bond donors (Lipinski definition) is 1. The smallest absolute Gasteiger partial charge is 0.332 e. The van der Waals surface area contributed by atoms with Crippen molar-refractivity contribution in [1.82, 2.24) is 15.3 Å². The Kier molecular flexibility index (Phi) is 4.06. The summed E-state index contributed by atoms with van der Waals surface area (Å²) in [5.41, 5.74) is 2.87. The van der Waals surface area contributed by atoms with E-state index in [0.717, 1.165) is 25.9 Å². The molecule has 5 heteroatoms. The Morgan fingerprint density at radius 3 is 2.11 bits per heavy atom. The zero-order valence-corrected chi connectivity index (χ0v) is 12.7. The topological polar surface area (TPSA) is 44.8 Å². The molecule has 0 bridgehead atoms. The van der Waals surface area contributed by atoms with E-state index in [-0.39, 0.29) is 17.1 Å². The van der Waals surface area contributed by atoms with Gasteiger partial charge in [0.1, 0.15) is 0 Å². The van der Waals surface area contributed by atoms with Gasteiger partial charge < -0.3 is 9.64 Å². The summed E-state index contributed by atoms with van der Waals surface area (Å²) in [6.45, 7) is 11.5. The number of piperidine rings is 1. The van der Waals surface area contributed by atoms with Crippen LogP contribution in [0.25, 0.3) is 0 Å². The first-order chi connectivity index (χ1) is 8.83. The van der Waals surface area contributed by atoms with Gasteiger partial charge in [-0.15, -0.1) is 0 Å². The number of rotatable bonds is 1. The molecule has 0 aromatic rings. The second-order valence-electron chi connectivity index (χ2n) is 6.83. The molecule has 0 atom stereocenters. The second-order valence-corrected chi connectivity index (χ2v) is 6.83. The van der Waals surface area contributed by atoms with Crippen molar-refractivity contribution in [3.63, 3.8) is 0 Å². The van der Waals surface area contributed by atoms with Gasteiger partial charge in [-0.05, 0) is 47.0 Å². The van der Waals surface area contributed by atoms with E-state index in [4.69, 9.17) is 4.74 Å². The largest absolute Gasteiger partial charge is 0.379 e. The van der Waals surface area contributed by atoms with Gasteiger partial charge in [0.05, 0.1) is 13.2 Å². The van der Waals surface area contributed by atoms with Crippen LogP contribution in [0.4, 0.5) is 4.79 Å². The number of amides is 2. The molecule has 0 radical (unpaired) electrons. The van der Waals surface area contributed by atoms with Crippen molar-refractivity contribution in [3.05, 3.63) is 0 Å². The maximum atomic E-state index is 12.6. The number of carbonyl (C=O) groups excluding carboxylic acids is 1. The summed E-state index contributed by atoms with van der Waals surface area (Å²) in [6.07, 6.45) is 3.31. The highest BCUT2D eigenvalue weighted by Gasteiger charge is 2.44. The average molecular weight is 269 g/mol. The Labute approximate surface area is 116 Å². The summed E-state index contributed by atoms with van der Waals surface area (Å²) in [6, 6.07) is 0.0246. The van der Waals surface area contributed by atoms with Gasteiger partial charge in [-0.1, -0.05) is 0 Å². The van der Waals surface area contributed by atoms with Crippen molar-refractivity contribution in [2.75, 3.05) is 26.3 Å². The normalized spacial score (nSPS) is 27.1. The number of nitrogens with zero attached hydrogens (tertiary/aromatic N) is 2. The Bertz CT molecular complexity index is 320. The third kappa shape index (κ3) is 3.20. The zero-order chi connectivity index (χ0) is 14.1. The van der Waals surface area contributed by atoms with Crippen LogP contribution in [0.15, 0.2) is 0 Å². The van der Waals surface area contributed by atoms with Gasteiger partial charge in [0.15, 0.2) is 0 Å². The minimum Gasteiger partial charge on any atom is -0.379 e. The molecule has 5 nitrogen and oxygen atoms in total. The Hall–Kier alpha value is -0.810. The fraction of sp³-hybridized carbons (Fsp3) is 0.929. The molecule has 2 aliphatic rings. The molecule has 0 aromatic carbocycles. The quantitative estimate of drug-likeness (QED) is 0.792. The molecule has 1 N–H and O–H groups in total. The Morgan fingerprint density at radius 1 is 1.05 bits per heavy atom. The van der Waals surface area contributed by atoms with Crippen LogP contribution in [0, 0.1) is 0 Å². The molecule has 19 heavy (non-hydrogen) atoms. The molecule has 2 rings (SSSR count). The van der Waals surface area contributed by atoms with Gasteiger partial charge in [-0.3, -0.25) is 5.43 Å². The number of morpholine rings is 1. The molecule has 0 unspecified atom stereocenters. The number of nitrogens with one attached hydrogen (secondary N) is 1. The zero-order valence-electron chi connectivity index (χ0n) is 12.7. The summed E-state index contributed by atoms with van der Waals surface area (Å²) in [4.78, 5) is 14.7. The van der Waals surface area contributed by atoms with Gasteiger partial charge in [0.2, 0.25) is 0 Å². The van der Waals surface area contributed by atoms with Crippen LogP contribution in [0.3, 0.4) is 0 Å². The van der Waals surface area contributed by atoms with Crippen molar-refractivity contribution >= 4 is 6.03 Å². The van der Waals surface area contributed by atoms with Gasteiger partial charge >= 0.3 is 6.03 Å². The lowest BCUT2D eigenvalue weighted by Gasteiger charge is -2.53. The van der Waals surface area contributed by atoms with Gasteiger partial charge in [0, 0.05) is 24.2 Å². The van der Waals surface area contributed by atoms with Gasteiger partial charge in [0.25, 0.3) is 0 Å². The monoisotopic (exact) mass is 269 g/mol. The molecule has 0 saturated carbocycles. The second kappa shape index (κ2) is 5.29. The van der Waals surface area contributed by atoms with Crippen molar-refractivity contribution in [2.24, 2.45) is 0 Å². The van der Waals surface area contributed by atoms with Crippen LogP contribution in [0.5, 0.6) is 0 Å². The van der Waals surface area contributed by atoms with Crippen molar-refractivity contribution in [1.29, 1.82) is 0 Å². The molecular formula is C14H27N3O2. The molecule has 0 spiro atoms. The summed E-state index contributed by atoms with van der Waals surface area (Å²) in [5.74, 6) is 0. The SMILES string of the molecule is CC1(C)CCCC(C)(C)N1C(=O)NN1CCOCC1. The van der Waals surface area contributed by atoms with E-state index in [2.05, 4.69) is 33.1 Å². The van der Waals surface area contributed by atoms with E-state index in [9.17, 15) is 4.79 Å². The average Bonchev–Trinajstić information content (AvgIpc) is 2.27. The molecular weight excluding hydrogens is 242 g/mol. The molecule has 110 valence electrons. The maximum absolute atomic E-state index is 12.6. The Morgan fingerprint density at radius 2 is 1.58 bits per heavy atom. The van der Waals surface area contributed by atoms with E-state index >= 15 is 0 Å². The van der Waals surface area contributed by atoms with E-state index in [1.54, 1.807) is 0 Å². The fourth-order valence-corrected chi connectivity index (χ4v) is 3.41. The molecule has 2 aliphatic heterocycles. The summed E-state index contributed by atoms with van der Waals surface area (Å²) < 4.78 is 5.30. The van der Waals surface area contributed by atoms with Crippen LogP contribution in [0.2, 0.25) is 0 Å². The first kappa shape index (κ1) is 14.6. The summed E-state index contributed by atoms with van der Waals surface area (Å²) >= 11 is 0. The molecule has 0 aliphatic carbocycles. The van der Waals surface area contributed by atoms with Gasteiger partial charge in [-0.2, -0.15) is 0 Å². The molecule has 2 heterocycles. The summed E-state index contributed by atoms with van der Waals surface area (Å²) in [7, 11) is 0. The van der Waals surface area contributed by atoms with Crippen molar-refractivity contribution < 1.29 is 9.53 Å². The minimum absolute atomic E-state index is 0.0246. The molecule has 2 saturated heterocycles. The molecule has 0 aromatic heterocycles. The van der Waals surface area contributed by atoms with E-state index < -0.39 is 0 Å². The third-order valence-electron chi connectivity index (χ3n) is 4.26. The van der Waals surface area contributed by atoms with E-state index in [1.165, 1.54) is 6.42 Å². The number of carbonyl (C=O) groups is 1. The first-order valence-corrected chi connectivity index (χ1v) is 7.27. The fourth-order valence-electron chi connectivity index (χ4n) is 3.41. The number of hydrazine groups is 1. The van der Waals surface area contributed by atoms with E-state index in [0.29, 0.717) is 13.2 Å². The lowest BCUT2D eigenvalue weighted by molar-refractivity contribution is -0.0159. The van der Waals surface area contributed by atoms with Crippen LogP contribution in [-0.4, -0.2) is 53.3 Å². The maximum Gasteiger partial charge on any atom is 0.332 e. The number of likely N-dealkylation sites (tertiary alicyclic amines) is 1. The van der Waals surface area contributed by atoms with Gasteiger partial charge in [-0.25, -0.2) is 9.80 Å². The first-order valence-electron chi connectivity index (χ1n) is 7.27. The Balaban J connectivity index is 2.06. The van der Waals surface area contributed by atoms with Crippen molar-refractivity contribution in [2.45, 2.75) is 58.0 Å².